The molecule has 1 aromatic heterocycles. The number of hydrogen-bond acceptors (Lipinski definition) is 7. The van der Waals surface area contributed by atoms with Gasteiger partial charge in [-0.05, 0) is 73.4 Å². The molecule has 1 amide bonds. The van der Waals surface area contributed by atoms with Gasteiger partial charge in [0.15, 0.2) is 5.13 Å². The first kappa shape index (κ1) is 28.1. The fraction of sp³-hybridized carbons (Fsp3) is 0.333. The van der Waals surface area contributed by atoms with Gasteiger partial charge in [-0.1, -0.05) is 41.1 Å². The number of amides is 1. The molecule has 6 rings (SSSR count). The molecule has 1 saturated heterocycles. The molecule has 214 valence electrons. The lowest BCUT2D eigenvalue weighted by Gasteiger charge is -2.30. The van der Waals surface area contributed by atoms with Crippen LogP contribution in [0.25, 0.3) is 10.2 Å². The summed E-state index contributed by atoms with van der Waals surface area (Å²) < 4.78 is 35.0. The van der Waals surface area contributed by atoms with E-state index >= 15 is 0 Å². The lowest BCUT2D eigenvalue weighted by atomic mass is 10.0. The second kappa shape index (κ2) is 12.1. The number of fused-ring (bicyclic) bond motifs is 2. The number of halogens is 1. The normalized spacial score (nSPS) is 16.1. The molecular weight excluding hydrogens is 580 g/mol. The molecule has 0 spiro atoms. The lowest BCUT2D eigenvalue weighted by Crippen LogP contribution is -2.39. The van der Waals surface area contributed by atoms with Crippen LogP contribution in [0.4, 0.5) is 10.8 Å². The van der Waals surface area contributed by atoms with Gasteiger partial charge in [0.05, 0.1) is 34.0 Å². The summed E-state index contributed by atoms with van der Waals surface area (Å²) in [4.78, 5) is 22.8. The first-order chi connectivity index (χ1) is 19.9. The SMILES string of the molecule is O=C(c1ccc(S(=O)(=O)N2CCCc3ccccc32)cc1)N(CCCN1CCOCC1)c1nc2ccc(Cl)cc2s1. The fourth-order valence-electron chi connectivity index (χ4n) is 5.36. The smallest absolute Gasteiger partial charge is 0.264 e. The second-order valence-electron chi connectivity index (χ2n) is 10.2. The molecule has 0 radical (unpaired) electrons. The third-order valence-electron chi connectivity index (χ3n) is 7.53. The Morgan fingerprint density at radius 3 is 2.61 bits per heavy atom. The molecule has 0 bridgehead atoms. The Labute approximate surface area is 249 Å². The van der Waals surface area contributed by atoms with Gasteiger partial charge < -0.3 is 4.74 Å². The van der Waals surface area contributed by atoms with Crippen LogP contribution in [-0.4, -0.2) is 70.1 Å². The number of morpholine rings is 1. The maximum atomic E-state index is 13.9. The standard InChI is InChI=1S/C30H31ClN4O4S2/c31-24-10-13-26-28(21-24)40-30(32-26)34(15-4-14-33-17-19-39-20-18-33)29(36)23-8-11-25(12-9-23)41(37,38)35-16-3-6-22-5-1-2-7-27(22)35/h1-2,5,7-13,21H,3-4,6,14-20H2. The number of rotatable bonds is 8. The molecule has 11 heteroatoms. The number of thiazole rings is 1. The van der Waals surface area contributed by atoms with Crippen molar-refractivity contribution < 1.29 is 17.9 Å². The zero-order valence-electron chi connectivity index (χ0n) is 22.5. The molecule has 1 fully saturated rings. The van der Waals surface area contributed by atoms with Crippen LogP contribution < -0.4 is 9.21 Å². The highest BCUT2D eigenvalue weighted by molar-refractivity contribution is 7.92. The molecule has 3 aromatic carbocycles. The molecule has 0 unspecified atom stereocenters. The third kappa shape index (κ3) is 5.98. The van der Waals surface area contributed by atoms with Crippen molar-refractivity contribution in [3.8, 4) is 0 Å². The fourth-order valence-corrected chi connectivity index (χ4v) is 8.17. The minimum atomic E-state index is -3.77. The summed E-state index contributed by atoms with van der Waals surface area (Å²) in [5.74, 6) is -0.218. The maximum Gasteiger partial charge on any atom is 0.264 e. The number of nitrogens with zero attached hydrogens (tertiary/aromatic N) is 4. The predicted octanol–water partition coefficient (Wildman–Crippen LogP) is 5.46. The lowest BCUT2D eigenvalue weighted by molar-refractivity contribution is 0.0376. The summed E-state index contributed by atoms with van der Waals surface area (Å²) in [5, 5.41) is 1.21. The Morgan fingerprint density at radius 1 is 1.02 bits per heavy atom. The summed E-state index contributed by atoms with van der Waals surface area (Å²) in [7, 11) is -3.77. The van der Waals surface area contributed by atoms with Crippen LogP contribution in [0.15, 0.2) is 71.6 Å². The van der Waals surface area contributed by atoms with Crippen molar-refractivity contribution in [2.75, 3.05) is 55.1 Å². The second-order valence-corrected chi connectivity index (χ2v) is 13.5. The van der Waals surface area contributed by atoms with Gasteiger partial charge in [0.1, 0.15) is 0 Å². The van der Waals surface area contributed by atoms with E-state index in [4.69, 9.17) is 21.3 Å². The number of benzene rings is 3. The van der Waals surface area contributed by atoms with E-state index in [0.717, 1.165) is 73.6 Å². The Hall–Kier alpha value is -3.02. The molecule has 0 saturated carbocycles. The summed E-state index contributed by atoms with van der Waals surface area (Å²) in [5.41, 5.74) is 2.94. The average molecular weight is 611 g/mol. The number of carbonyl (C=O) groups excluding carboxylic acids is 1. The molecule has 41 heavy (non-hydrogen) atoms. The topological polar surface area (TPSA) is 83.1 Å². The summed E-state index contributed by atoms with van der Waals surface area (Å²) in [6, 6.07) is 19.4. The first-order valence-corrected chi connectivity index (χ1v) is 16.4. The quantitative estimate of drug-likeness (QED) is 0.263. The van der Waals surface area contributed by atoms with Gasteiger partial charge in [0.25, 0.3) is 15.9 Å². The van der Waals surface area contributed by atoms with Crippen LogP contribution in [0, 0.1) is 0 Å². The molecule has 2 aliphatic heterocycles. The van der Waals surface area contributed by atoms with Crippen LogP contribution in [0.2, 0.25) is 5.02 Å². The van der Waals surface area contributed by atoms with Crippen molar-refractivity contribution in [2.45, 2.75) is 24.2 Å². The van der Waals surface area contributed by atoms with Gasteiger partial charge in [-0.3, -0.25) is 18.9 Å². The molecule has 0 N–H and O–H groups in total. The minimum Gasteiger partial charge on any atom is -0.379 e. The van der Waals surface area contributed by atoms with Crippen molar-refractivity contribution >= 4 is 59.9 Å². The van der Waals surface area contributed by atoms with Gasteiger partial charge in [0, 0.05) is 43.3 Å². The van der Waals surface area contributed by atoms with Gasteiger partial charge in [0.2, 0.25) is 0 Å². The summed E-state index contributed by atoms with van der Waals surface area (Å²) >= 11 is 7.62. The Kier molecular flexibility index (Phi) is 8.28. The van der Waals surface area contributed by atoms with Crippen LogP contribution in [0.1, 0.15) is 28.8 Å². The van der Waals surface area contributed by atoms with E-state index < -0.39 is 10.0 Å². The Bertz CT molecular complexity index is 1650. The monoisotopic (exact) mass is 610 g/mol. The molecule has 4 aromatic rings. The molecule has 3 heterocycles. The highest BCUT2D eigenvalue weighted by Crippen LogP contribution is 2.33. The maximum absolute atomic E-state index is 13.9. The number of carbonyl (C=O) groups is 1. The zero-order chi connectivity index (χ0) is 28.4. The molecule has 8 nitrogen and oxygen atoms in total. The van der Waals surface area contributed by atoms with E-state index in [1.807, 2.05) is 36.4 Å². The number of sulfonamides is 1. The van der Waals surface area contributed by atoms with E-state index in [9.17, 15) is 13.2 Å². The Balaban J connectivity index is 1.25. The van der Waals surface area contributed by atoms with Gasteiger partial charge in [-0.15, -0.1) is 0 Å². The number of anilines is 2. The number of hydrogen-bond donors (Lipinski definition) is 0. The highest BCUT2D eigenvalue weighted by Gasteiger charge is 2.29. The molecule has 0 aliphatic carbocycles. The van der Waals surface area contributed by atoms with E-state index in [0.29, 0.717) is 28.8 Å². The number of ether oxygens (including phenoxy) is 1. The largest absolute Gasteiger partial charge is 0.379 e. The van der Waals surface area contributed by atoms with Gasteiger partial charge in [-0.25, -0.2) is 13.4 Å². The van der Waals surface area contributed by atoms with Crippen molar-refractivity contribution in [1.29, 1.82) is 0 Å². The van der Waals surface area contributed by atoms with E-state index in [2.05, 4.69) is 4.90 Å². The average Bonchev–Trinajstić information content (AvgIpc) is 3.42. The van der Waals surface area contributed by atoms with Crippen molar-refractivity contribution in [3.05, 3.63) is 82.9 Å². The Morgan fingerprint density at radius 2 is 1.80 bits per heavy atom. The van der Waals surface area contributed by atoms with E-state index in [-0.39, 0.29) is 10.8 Å². The summed E-state index contributed by atoms with van der Waals surface area (Å²) in [6.45, 7) is 4.96. The van der Waals surface area contributed by atoms with Crippen molar-refractivity contribution in [1.82, 2.24) is 9.88 Å². The first-order valence-electron chi connectivity index (χ1n) is 13.8. The number of aromatic nitrogens is 1. The number of para-hydroxylation sites is 1. The van der Waals surface area contributed by atoms with Crippen molar-refractivity contribution in [3.63, 3.8) is 0 Å². The zero-order valence-corrected chi connectivity index (χ0v) is 24.9. The van der Waals surface area contributed by atoms with Crippen LogP contribution in [0.3, 0.4) is 0 Å². The predicted molar refractivity (Wildman–Crippen MR) is 164 cm³/mol. The number of aryl methyl sites for hydroxylation is 1. The van der Waals surface area contributed by atoms with Crippen LogP contribution >= 0.6 is 22.9 Å². The minimum absolute atomic E-state index is 0.166. The summed E-state index contributed by atoms with van der Waals surface area (Å²) in [6.07, 6.45) is 2.39. The van der Waals surface area contributed by atoms with E-state index in [1.165, 1.54) is 27.8 Å². The van der Waals surface area contributed by atoms with Crippen molar-refractivity contribution in [2.24, 2.45) is 0 Å². The molecular formula is C30H31ClN4O4S2. The molecule has 0 atom stereocenters. The van der Waals surface area contributed by atoms with Crippen LogP contribution in [0.5, 0.6) is 0 Å². The van der Waals surface area contributed by atoms with Gasteiger partial charge in [-0.2, -0.15) is 0 Å². The van der Waals surface area contributed by atoms with E-state index in [1.54, 1.807) is 23.1 Å². The van der Waals surface area contributed by atoms with Crippen LogP contribution in [-0.2, 0) is 21.2 Å². The van der Waals surface area contributed by atoms with Gasteiger partial charge >= 0.3 is 0 Å². The molecule has 2 aliphatic rings. The highest BCUT2D eigenvalue weighted by atomic mass is 35.5. The third-order valence-corrected chi connectivity index (χ3v) is 10.6.